The lowest BCUT2D eigenvalue weighted by molar-refractivity contribution is 1.38. The van der Waals surface area contributed by atoms with Crippen molar-refractivity contribution >= 4 is 23.7 Å². The third kappa shape index (κ3) is 0.948. The van der Waals surface area contributed by atoms with Gasteiger partial charge < -0.3 is 0 Å². The van der Waals surface area contributed by atoms with Crippen molar-refractivity contribution < 1.29 is 0 Å². The van der Waals surface area contributed by atoms with Crippen LogP contribution in [0, 0.1) is 5.75 Å². The summed E-state index contributed by atoms with van der Waals surface area (Å²) < 4.78 is 0. The number of rotatable bonds is 0. The summed E-state index contributed by atoms with van der Waals surface area (Å²) in [5, 5.41) is 0. The Hall–Kier alpha value is -0.760. The zero-order chi connectivity index (χ0) is 6.81. The van der Waals surface area contributed by atoms with Crippen LogP contribution in [-0.4, -0.2) is 6.21 Å². The van der Waals surface area contributed by atoms with Gasteiger partial charge in [0.25, 0.3) is 0 Å². The molecule has 0 saturated carbocycles. The minimum atomic E-state index is 1.05. The molecule has 0 bridgehead atoms. The second-order valence-electron chi connectivity index (χ2n) is 1.95. The summed E-state index contributed by atoms with van der Waals surface area (Å²) in [5.74, 6) is 2.97. The molecule has 1 nitrogen and oxygen atoms in total. The number of fused-ring (bicyclic) bond motifs is 1. The minimum absolute atomic E-state index is 1.05. The molecule has 0 amide bonds. The van der Waals surface area contributed by atoms with Gasteiger partial charge in [0.15, 0.2) is 0 Å². The van der Waals surface area contributed by atoms with Crippen molar-refractivity contribution in [1.82, 2.24) is 0 Å². The highest BCUT2D eigenvalue weighted by Crippen LogP contribution is 2.33. The highest BCUT2D eigenvalue weighted by atomic mass is 32.2. The van der Waals surface area contributed by atoms with Gasteiger partial charge in [0.05, 0.1) is 11.4 Å². The number of nitrogens with zero attached hydrogens (tertiary/aromatic N) is 1. The van der Waals surface area contributed by atoms with Crippen molar-refractivity contribution in [2.45, 2.75) is 4.90 Å². The van der Waals surface area contributed by atoms with Gasteiger partial charge in [0.2, 0.25) is 0 Å². The van der Waals surface area contributed by atoms with Crippen molar-refractivity contribution in [3.8, 4) is 0 Å². The van der Waals surface area contributed by atoms with Gasteiger partial charge in [-0.1, -0.05) is 12.1 Å². The number of benzene rings is 1. The van der Waals surface area contributed by atoms with Crippen LogP contribution in [0.2, 0.25) is 0 Å². The van der Waals surface area contributed by atoms with Crippen molar-refractivity contribution in [3.05, 3.63) is 30.0 Å². The number of hydrogen-bond donors (Lipinski definition) is 0. The van der Waals surface area contributed by atoms with Crippen LogP contribution in [0.5, 0.6) is 0 Å². The fraction of sp³-hybridized carbons (Fsp3) is 0. The topological polar surface area (TPSA) is 12.4 Å². The van der Waals surface area contributed by atoms with Gasteiger partial charge in [-0.2, -0.15) is 0 Å². The van der Waals surface area contributed by atoms with E-state index in [0.29, 0.717) is 0 Å². The van der Waals surface area contributed by atoms with E-state index in [1.54, 1.807) is 18.0 Å². The zero-order valence-corrected chi connectivity index (χ0v) is 6.06. The second kappa shape index (κ2) is 2.46. The monoisotopic (exact) mass is 147 g/mol. The van der Waals surface area contributed by atoms with E-state index in [9.17, 15) is 0 Å². The van der Waals surface area contributed by atoms with Crippen molar-refractivity contribution in [3.63, 3.8) is 0 Å². The van der Waals surface area contributed by atoms with Crippen LogP contribution < -0.4 is 0 Å². The molecule has 0 N–H and O–H groups in total. The first-order valence-corrected chi connectivity index (χ1v) is 3.82. The maximum absolute atomic E-state index is 4.14. The Kier molecular flexibility index (Phi) is 1.47. The van der Waals surface area contributed by atoms with Crippen molar-refractivity contribution in [2.75, 3.05) is 0 Å². The van der Waals surface area contributed by atoms with Gasteiger partial charge in [0, 0.05) is 11.1 Å². The Morgan fingerprint density at radius 1 is 1.30 bits per heavy atom. The Morgan fingerprint density at radius 3 is 3.10 bits per heavy atom. The Morgan fingerprint density at radius 2 is 2.20 bits per heavy atom. The molecular weight excluding hydrogens is 142 g/mol. The van der Waals surface area contributed by atoms with Gasteiger partial charge >= 0.3 is 0 Å². The lowest BCUT2D eigenvalue weighted by atomic mass is 10.3. The smallest absolute Gasteiger partial charge is 0.0994 e. The zero-order valence-electron chi connectivity index (χ0n) is 5.24. The first kappa shape index (κ1) is 5.98. The molecule has 0 spiro atoms. The number of aliphatic imine (C=N–C) groups is 1. The lowest BCUT2D eigenvalue weighted by Gasteiger charge is -2.05. The fourth-order valence-corrected chi connectivity index (χ4v) is 1.44. The highest BCUT2D eigenvalue weighted by Gasteiger charge is 2.03. The molecule has 0 fully saturated rings. The first-order chi connectivity index (χ1) is 4.97. The van der Waals surface area contributed by atoms with Crippen LogP contribution in [-0.2, 0) is 0 Å². The van der Waals surface area contributed by atoms with E-state index in [-0.39, 0.29) is 0 Å². The molecule has 48 valence electrons. The number of hydrogen-bond acceptors (Lipinski definition) is 2. The molecule has 1 aliphatic heterocycles. The molecule has 0 unspecified atom stereocenters. The molecule has 1 heterocycles. The molecule has 0 aliphatic carbocycles. The summed E-state index contributed by atoms with van der Waals surface area (Å²) >= 11 is 1.59. The molecule has 10 heavy (non-hydrogen) atoms. The largest absolute Gasteiger partial charge is 0.258 e. The molecular formula is C8H5NS. The van der Waals surface area contributed by atoms with Crippen LogP contribution in [0.1, 0.15) is 0 Å². The molecule has 0 saturated heterocycles. The second-order valence-corrected chi connectivity index (χ2v) is 2.83. The average Bonchev–Trinajstić information content (AvgIpc) is 2.05. The standard InChI is InChI=1S/C8H5NS/c1-2-4-8-7(3-1)9-5-6-10-8/h1-5H. The average molecular weight is 147 g/mol. The molecule has 1 aromatic rings. The maximum Gasteiger partial charge on any atom is 0.0994 e. The third-order valence-corrected chi connectivity index (χ3v) is 2.08. The van der Waals surface area contributed by atoms with E-state index in [1.165, 1.54) is 4.90 Å². The van der Waals surface area contributed by atoms with Crippen molar-refractivity contribution in [1.29, 1.82) is 0 Å². The fourth-order valence-electron chi connectivity index (χ4n) is 0.836. The van der Waals surface area contributed by atoms with E-state index in [0.717, 1.165) is 5.69 Å². The Labute approximate surface area is 64.2 Å². The van der Waals surface area contributed by atoms with Gasteiger partial charge in [-0.15, -0.1) is 11.8 Å². The van der Waals surface area contributed by atoms with Gasteiger partial charge in [-0.3, -0.25) is 4.99 Å². The van der Waals surface area contributed by atoms with Gasteiger partial charge in [0.1, 0.15) is 0 Å². The van der Waals surface area contributed by atoms with Crippen LogP contribution in [0.3, 0.4) is 0 Å². The summed E-state index contributed by atoms with van der Waals surface area (Å²) in [7, 11) is 0. The highest BCUT2D eigenvalue weighted by molar-refractivity contribution is 8.02. The van der Waals surface area contributed by atoms with E-state index in [2.05, 4.69) is 10.7 Å². The van der Waals surface area contributed by atoms with Gasteiger partial charge in [-0.05, 0) is 12.1 Å². The quantitative estimate of drug-likeness (QED) is 0.549. The first-order valence-electron chi connectivity index (χ1n) is 3.01. The summed E-state index contributed by atoms with van der Waals surface area (Å²) in [6, 6.07) is 8.04. The summed E-state index contributed by atoms with van der Waals surface area (Å²) in [5.41, 5.74) is 1.05. The predicted octanol–water partition coefficient (Wildman–Crippen LogP) is 2.53. The molecule has 2 rings (SSSR count). The minimum Gasteiger partial charge on any atom is -0.258 e. The Bertz CT molecular complexity index is 268. The molecule has 2 heteroatoms. The van der Waals surface area contributed by atoms with Crippen LogP contribution >= 0.6 is 11.8 Å². The predicted molar refractivity (Wildman–Crippen MR) is 43.7 cm³/mol. The van der Waals surface area contributed by atoms with E-state index in [1.807, 2.05) is 24.3 Å². The van der Waals surface area contributed by atoms with E-state index in [4.69, 9.17) is 0 Å². The summed E-state index contributed by atoms with van der Waals surface area (Å²) in [4.78, 5) is 5.32. The number of thioether (sulfide) groups is 1. The van der Waals surface area contributed by atoms with E-state index < -0.39 is 0 Å². The third-order valence-electron chi connectivity index (χ3n) is 1.29. The van der Waals surface area contributed by atoms with Crippen LogP contribution in [0.25, 0.3) is 0 Å². The number of para-hydroxylation sites is 1. The summed E-state index contributed by atoms with van der Waals surface area (Å²) in [6.45, 7) is 0. The molecule has 0 atom stereocenters. The SMILES string of the molecule is [C]1C=Nc2ccccc2S1. The molecule has 1 aliphatic rings. The Balaban J connectivity index is 2.54. The summed E-state index contributed by atoms with van der Waals surface area (Å²) in [6.07, 6.45) is 1.70. The normalized spacial score (nSPS) is 14.8. The molecule has 1 aromatic carbocycles. The maximum atomic E-state index is 4.14. The van der Waals surface area contributed by atoms with Crippen molar-refractivity contribution in [2.24, 2.45) is 4.99 Å². The lowest BCUT2D eigenvalue weighted by Crippen LogP contribution is -1.81. The molecule has 0 aromatic heterocycles. The van der Waals surface area contributed by atoms with Crippen LogP contribution in [0.15, 0.2) is 34.2 Å². The van der Waals surface area contributed by atoms with E-state index >= 15 is 0 Å². The van der Waals surface area contributed by atoms with Crippen LogP contribution in [0.4, 0.5) is 5.69 Å². The van der Waals surface area contributed by atoms with Gasteiger partial charge in [-0.25, -0.2) is 0 Å². The molecule has 2 radical (unpaired) electrons.